The molecular formula is C35H46N4O5. The summed E-state index contributed by atoms with van der Waals surface area (Å²) in [5, 5.41) is 3.28. The number of hydrogen-bond donors (Lipinski definition) is 1. The van der Waals surface area contributed by atoms with Crippen molar-refractivity contribution in [2.45, 2.75) is 64.5 Å². The Bertz CT molecular complexity index is 1350. The zero-order valence-electron chi connectivity index (χ0n) is 26.2. The van der Waals surface area contributed by atoms with Gasteiger partial charge in [0.1, 0.15) is 11.8 Å². The van der Waals surface area contributed by atoms with Gasteiger partial charge in [-0.15, -0.1) is 0 Å². The largest absolute Gasteiger partial charge is 0.482 e. The molecule has 1 N–H and O–H groups in total. The highest BCUT2D eigenvalue weighted by molar-refractivity contribution is 5.91. The Labute approximate surface area is 261 Å². The van der Waals surface area contributed by atoms with Crippen molar-refractivity contribution < 1.29 is 23.9 Å². The number of methoxy groups -OCH3 is 1. The third kappa shape index (κ3) is 8.72. The fraction of sp³-hybridized carbons (Fsp3) is 0.457. The normalized spacial score (nSPS) is 14.2. The van der Waals surface area contributed by atoms with Gasteiger partial charge in [0.15, 0.2) is 6.61 Å². The lowest BCUT2D eigenvalue weighted by Gasteiger charge is -2.34. The van der Waals surface area contributed by atoms with Crippen molar-refractivity contribution in [3.05, 3.63) is 78.5 Å². The molecule has 1 fully saturated rings. The van der Waals surface area contributed by atoms with Crippen LogP contribution in [0, 0.1) is 0 Å². The summed E-state index contributed by atoms with van der Waals surface area (Å²) in [5.74, 6) is -0.298. The molecule has 1 aromatic heterocycles. The standard InChI is InChI=1S/C35H46N4O5/c1-4-37(5-2)22-14-24-39(35(42)38-23-13-21-31(38)27-15-8-6-9-16-27)33(34(41)36-29-18-10-7-11-19-29)28-17-12-20-30(25-28)44-26-32(40)43-3/h6,8-9,12-13,15-17,20-21,23,25,29,33H,4-5,7,10-11,14,18-19,22,24,26H2,1-3H3,(H,36,41). The van der Waals surface area contributed by atoms with Crippen LogP contribution in [0.25, 0.3) is 11.3 Å². The SMILES string of the molecule is CCN(CC)CCCN(C(=O)n1cccc1-c1ccccc1)C(C(=O)NC1CCCCC1)c1cccc(OCC(=O)OC)c1. The molecule has 0 saturated heterocycles. The molecule has 1 saturated carbocycles. The van der Waals surface area contributed by atoms with Crippen LogP contribution in [-0.4, -0.2) is 78.2 Å². The molecule has 236 valence electrons. The molecule has 1 heterocycles. The zero-order chi connectivity index (χ0) is 31.3. The van der Waals surface area contributed by atoms with Crippen LogP contribution < -0.4 is 10.1 Å². The Morgan fingerprint density at radius 3 is 2.39 bits per heavy atom. The lowest BCUT2D eigenvalue weighted by molar-refractivity contribution is -0.143. The van der Waals surface area contributed by atoms with Gasteiger partial charge in [-0.2, -0.15) is 0 Å². The first-order chi connectivity index (χ1) is 21.4. The average molecular weight is 603 g/mol. The van der Waals surface area contributed by atoms with E-state index in [9.17, 15) is 14.4 Å². The van der Waals surface area contributed by atoms with Crippen LogP contribution in [0.5, 0.6) is 5.75 Å². The van der Waals surface area contributed by atoms with Gasteiger partial charge in [0, 0.05) is 18.8 Å². The number of carbonyl (C=O) groups excluding carboxylic acids is 3. The summed E-state index contributed by atoms with van der Waals surface area (Å²) in [4.78, 5) is 44.6. The minimum Gasteiger partial charge on any atom is -0.482 e. The van der Waals surface area contributed by atoms with E-state index in [0.29, 0.717) is 24.3 Å². The van der Waals surface area contributed by atoms with Gasteiger partial charge in [-0.1, -0.05) is 75.6 Å². The van der Waals surface area contributed by atoms with Crippen LogP contribution in [0.2, 0.25) is 0 Å². The number of benzene rings is 2. The fourth-order valence-electron chi connectivity index (χ4n) is 5.85. The van der Waals surface area contributed by atoms with E-state index in [1.807, 2.05) is 48.5 Å². The van der Waals surface area contributed by atoms with Gasteiger partial charge >= 0.3 is 12.0 Å². The number of nitrogens with zero attached hydrogens (tertiary/aromatic N) is 3. The second kappa shape index (κ2) is 16.7. The van der Waals surface area contributed by atoms with Gasteiger partial charge in [-0.25, -0.2) is 9.59 Å². The van der Waals surface area contributed by atoms with Gasteiger partial charge in [0.05, 0.1) is 12.8 Å². The van der Waals surface area contributed by atoms with Gasteiger partial charge in [-0.05, 0) is 74.3 Å². The molecule has 9 heteroatoms. The van der Waals surface area contributed by atoms with Gasteiger partial charge in [0.25, 0.3) is 0 Å². The van der Waals surface area contributed by atoms with E-state index in [1.54, 1.807) is 33.9 Å². The predicted octanol–water partition coefficient (Wildman–Crippen LogP) is 5.90. The van der Waals surface area contributed by atoms with Gasteiger partial charge in [-0.3, -0.25) is 9.36 Å². The average Bonchev–Trinajstić information content (AvgIpc) is 3.56. The van der Waals surface area contributed by atoms with E-state index in [0.717, 1.165) is 56.6 Å². The van der Waals surface area contributed by atoms with E-state index in [1.165, 1.54) is 13.5 Å². The minimum absolute atomic E-state index is 0.0663. The lowest BCUT2D eigenvalue weighted by atomic mass is 9.94. The Morgan fingerprint density at radius 2 is 1.68 bits per heavy atom. The van der Waals surface area contributed by atoms with Crippen LogP contribution in [-0.2, 0) is 14.3 Å². The molecule has 2 aromatic carbocycles. The Hall–Kier alpha value is -4.11. The molecular weight excluding hydrogens is 556 g/mol. The van der Waals surface area contributed by atoms with Gasteiger partial charge in [0.2, 0.25) is 5.91 Å². The van der Waals surface area contributed by atoms with Crippen LogP contribution in [0.15, 0.2) is 72.9 Å². The highest BCUT2D eigenvalue weighted by Gasteiger charge is 2.34. The van der Waals surface area contributed by atoms with Gasteiger partial charge < -0.3 is 24.6 Å². The Balaban J connectivity index is 1.73. The van der Waals surface area contributed by atoms with Crippen LogP contribution in [0.4, 0.5) is 4.79 Å². The Morgan fingerprint density at radius 1 is 0.932 bits per heavy atom. The summed E-state index contributed by atoms with van der Waals surface area (Å²) in [6.07, 6.45) is 7.61. The number of nitrogens with one attached hydrogen (secondary N) is 1. The molecule has 1 unspecified atom stereocenters. The zero-order valence-corrected chi connectivity index (χ0v) is 26.2. The molecule has 44 heavy (non-hydrogen) atoms. The summed E-state index contributed by atoms with van der Waals surface area (Å²) in [6.45, 7) is 6.98. The smallest absolute Gasteiger partial charge is 0.343 e. The first kappa shape index (κ1) is 32.8. The molecule has 1 aliphatic rings. The summed E-state index contributed by atoms with van der Waals surface area (Å²) in [6, 6.07) is 19.5. The van der Waals surface area contributed by atoms with Crippen LogP contribution in [0.3, 0.4) is 0 Å². The van der Waals surface area contributed by atoms with E-state index in [4.69, 9.17) is 9.47 Å². The van der Waals surface area contributed by atoms with Crippen molar-refractivity contribution in [3.63, 3.8) is 0 Å². The summed E-state index contributed by atoms with van der Waals surface area (Å²) in [5.41, 5.74) is 2.28. The van der Waals surface area contributed by atoms with E-state index in [-0.39, 0.29) is 24.6 Å². The van der Waals surface area contributed by atoms with E-state index >= 15 is 0 Å². The molecule has 3 aromatic rings. The minimum atomic E-state index is -0.908. The molecule has 1 atom stereocenters. The third-order valence-corrected chi connectivity index (χ3v) is 8.31. The second-order valence-electron chi connectivity index (χ2n) is 11.2. The molecule has 0 spiro atoms. The van der Waals surface area contributed by atoms with E-state index < -0.39 is 12.0 Å². The third-order valence-electron chi connectivity index (χ3n) is 8.31. The summed E-state index contributed by atoms with van der Waals surface area (Å²) < 4.78 is 12.0. The van der Waals surface area contributed by atoms with Crippen molar-refractivity contribution in [2.24, 2.45) is 0 Å². The number of aromatic nitrogens is 1. The maximum atomic E-state index is 14.6. The lowest BCUT2D eigenvalue weighted by Crippen LogP contribution is -2.48. The molecule has 4 rings (SSSR count). The van der Waals surface area contributed by atoms with Crippen molar-refractivity contribution in [3.8, 4) is 17.0 Å². The molecule has 0 radical (unpaired) electrons. The highest BCUT2D eigenvalue weighted by Crippen LogP contribution is 2.29. The van der Waals surface area contributed by atoms with Crippen LogP contribution >= 0.6 is 0 Å². The topological polar surface area (TPSA) is 93.1 Å². The van der Waals surface area contributed by atoms with Crippen molar-refractivity contribution in [2.75, 3.05) is 39.9 Å². The number of ether oxygens (including phenoxy) is 2. The molecule has 1 aliphatic carbocycles. The summed E-state index contributed by atoms with van der Waals surface area (Å²) >= 11 is 0. The number of rotatable bonds is 14. The van der Waals surface area contributed by atoms with Crippen LogP contribution in [0.1, 0.15) is 64.0 Å². The first-order valence-electron chi connectivity index (χ1n) is 15.8. The first-order valence-corrected chi connectivity index (χ1v) is 15.8. The second-order valence-corrected chi connectivity index (χ2v) is 11.2. The van der Waals surface area contributed by atoms with E-state index in [2.05, 4.69) is 24.1 Å². The molecule has 0 aliphatic heterocycles. The number of carbonyl (C=O) groups is 3. The number of amides is 2. The molecule has 2 amide bonds. The predicted molar refractivity (Wildman–Crippen MR) is 171 cm³/mol. The molecule has 0 bridgehead atoms. The van der Waals surface area contributed by atoms with Crippen molar-refractivity contribution >= 4 is 17.9 Å². The molecule has 9 nitrogen and oxygen atoms in total. The maximum Gasteiger partial charge on any atom is 0.343 e. The number of hydrogen-bond acceptors (Lipinski definition) is 6. The summed E-state index contributed by atoms with van der Waals surface area (Å²) in [7, 11) is 1.31. The van der Waals surface area contributed by atoms with Crippen molar-refractivity contribution in [1.82, 2.24) is 19.7 Å². The quantitative estimate of drug-likeness (QED) is 0.231. The maximum absolute atomic E-state index is 14.6. The number of esters is 1. The van der Waals surface area contributed by atoms with Crippen molar-refractivity contribution in [1.29, 1.82) is 0 Å². The Kier molecular flexibility index (Phi) is 12.4. The monoisotopic (exact) mass is 602 g/mol. The fourth-order valence-corrected chi connectivity index (χ4v) is 5.85. The highest BCUT2D eigenvalue weighted by atomic mass is 16.6.